The predicted octanol–water partition coefficient (Wildman–Crippen LogP) is 3.77. The number of carbonyl (C=O) groups excluding carboxylic acids is 1. The van der Waals surface area contributed by atoms with Gasteiger partial charge in [-0.05, 0) is 56.7 Å². The first-order valence-corrected chi connectivity index (χ1v) is 13.0. The molecule has 12 heteroatoms. The molecular weight excluding hydrogens is 496 g/mol. The Morgan fingerprint density at radius 2 is 1.88 bits per heavy atom. The lowest BCUT2D eigenvalue weighted by atomic mass is 10.1. The second-order valence-electron chi connectivity index (χ2n) is 7.64. The molecule has 0 atom stereocenters. The number of primary sulfonamides is 1. The third-order valence-electron chi connectivity index (χ3n) is 5.10. The van der Waals surface area contributed by atoms with Gasteiger partial charge < -0.3 is 5.32 Å². The standard InChI is InChI=1S/C22H21ClN6O3S2/c1-12-4-9-19(21-16(12)7-5-13(2)25-21)29-14(3)27-28-22(29)33-11-20(30)26-18-8-6-15(10-17(18)23)34(24,31)32/h4-10H,11H2,1-3H3,(H,26,30)(H2,24,31,32). The molecule has 176 valence electrons. The molecule has 4 rings (SSSR count). The first-order valence-electron chi connectivity index (χ1n) is 10.1. The van der Waals surface area contributed by atoms with E-state index < -0.39 is 10.0 Å². The Morgan fingerprint density at radius 3 is 2.59 bits per heavy atom. The molecule has 0 radical (unpaired) electrons. The minimum absolute atomic E-state index is 0.0294. The van der Waals surface area contributed by atoms with Crippen LogP contribution < -0.4 is 10.5 Å². The predicted molar refractivity (Wildman–Crippen MR) is 133 cm³/mol. The normalized spacial score (nSPS) is 11.7. The lowest BCUT2D eigenvalue weighted by Gasteiger charge is -2.13. The van der Waals surface area contributed by atoms with Crippen LogP contribution in [0, 0.1) is 20.8 Å². The third-order valence-corrected chi connectivity index (χ3v) is 7.26. The van der Waals surface area contributed by atoms with Crippen LogP contribution in [0.25, 0.3) is 16.6 Å². The number of fused-ring (bicyclic) bond motifs is 1. The Balaban J connectivity index is 1.57. The molecule has 0 aliphatic carbocycles. The van der Waals surface area contributed by atoms with Crippen molar-refractivity contribution < 1.29 is 13.2 Å². The number of halogens is 1. The largest absolute Gasteiger partial charge is 0.324 e. The number of amides is 1. The number of benzene rings is 2. The van der Waals surface area contributed by atoms with E-state index in [-0.39, 0.29) is 27.3 Å². The average Bonchev–Trinajstić information content (AvgIpc) is 3.13. The summed E-state index contributed by atoms with van der Waals surface area (Å²) in [5.74, 6) is 0.352. The second kappa shape index (κ2) is 9.34. The maximum absolute atomic E-state index is 12.6. The fraction of sp³-hybridized carbons (Fsp3) is 0.182. The van der Waals surface area contributed by atoms with Crippen LogP contribution in [0.15, 0.2) is 52.5 Å². The fourth-order valence-corrected chi connectivity index (χ4v) is 5.05. The number of nitrogens with two attached hydrogens (primary N) is 1. The van der Waals surface area contributed by atoms with E-state index in [2.05, 4.69) is 15.5 Å². The lowest BCUT2D eigenvalue weighted by molar-refractivity contribution is -0.113. The summed E-state index contributed by atoms with van der Waals surface area (Å²) in [7, 11) is -3.89. The maximum Gasteiger partial charge on any atom is 0.238 e. The Kier molecular flexibility index (Phi) is 6.63. The Hall–Kier alpha value is -2.99. The molecule has 0 saturated carbocycles. The van der Waals surface area contributed by atoms with Crippen LogP contribution in [0.1, 0.15) is 17.1 Å². The van der Waals surface area contributed by atoms with E-state index in [0.717, 1.165) is 27.8 Å². The monoisotopic (exact) mass is 516 g/mol. The molecule has 0 bridgehead atoms. The molecule has 0 spiro atoms. The number of nitrogens with zero attached hydrogens (tertiary/aromatic N) is 4. The van der Waals surface area contributed by atoms with Crippen LogP contribution in [0.3, 0.4) is 0 Å². The molecule has 1 amide bonds. The van der Waals surface area contributed by atoms with Gasteiger partial charge in [-0.15, -0.1) is 10.2 Å². The van der Waals surface area contributed by atoms with Crippen molar-refractivity contribution in [3.8, 4) is 5.69 Å². The number of hydrogen-bond donors (Lipinski definition) is 2. The van der Waals surface area contributed by atoms with Crippen LogP contribution >= 0.6 is 23.4 Å². The summed E-state index contributed by atoms with van der Waals surface area (Å²) in [6.07, 6.45) is 0. The third kappa shape index (κ3) is 4.92. The van der Waals surface area contributed by atoms with Gasteiger partial charge in [-0.1, -0.05) is 35.5 Å². The molecule has 0 fully saturated rings. The summed E-state index contributed by atoms with van der Waals surface area (Å²) in [6.45, 7) is 5.80. The van der Waals surface area contributed by atoms with Crippen molar-refractivity contribution in [1.82, 2.24) is 19.7 Å². The molecule has 9 nitrogen and oxygen atoms in total. The van der Waals surface area contributed by atoms with Gasteiger partial charge in [0, 0.05) is 11.1 Å². The van der Waals surface area contributed by atoms with E-state index >= 15 is 0 Å². The minimum Gasteiger partial charge on any atom is -0.324 e. The molecule has 2 aromatic carbocycles. The average molecular weight is 517 g/mol. The number of carbonyl (C=O) groups is 1. The molecule has 4 aromatic rings. The number of hydrogen-bond acceptors (Lipinski definition) is 7. The van der Waals surface area contributed by atoms with Gasteiger partial charge in [-0.3, -0.25) is 14.3 Å². The zero-order valence-electron chi connectivity index (χ0n) is 18.5. The quantitative estimate of drug-likeness (QED) is 0.372. The maximum atomic E-state index is 12.6. The van der Waals surface area contributed by atoms with Gasteiger partial charge in [0.25, 0.3) is 0 Å². The van der Waals surface area contributed by atoms with Crippen LogP contribution in [-0.2, 0) is 14.8 Å². The van der Waals surface area contributed by atoms with Crippen LogP contribution in [0.4, 0.5) is 5.69 Å². The molecule has 0 saturated heterocycles. The van der Waals surface area contributed by atoms with Crippen molar-refractivity contribution in [3.63, 3.8) is 0 Å². The van der Waals surface area contributed by atoms with Gasteiger partial charge in [-0.2, -0.15) is 0 Å². The molecule has 3 N–H and O–H groups in total. The Morgan fingerprint density at radius 1 is 1.12 bits per heavy atom. The number of sulfonamides is 1. The highest BCUT2D eigenvalue weighted by Gasteiger charge is 2.18. The van der Waals surface area contributed by atoms with E-state index in [4.69, 9.17) is 21.7 Å². The topological polar surface area (TPSA) is 133 Å². The van der Waals surface area contributed by atoms with Crippen LogP contribution in [0.5, 0.6) is 0 Å². The Bertz CT molecular complexity index is 1540. The van der Waals surface area contributed by atoms with Gasteiger partial charge in [0.15, 0.2) is 5.16 Å². The number of rotatable bonds is 6. The highest BCUT2D eigenvalue weighted by Crippen LogP contribution is 2.29. The van der Waals surface area contributed by atoms with E-state index in [1.54, 1.807) is 0 Å². The number of anilines is 1. The molecule has 0 aliphatic heterocycles. The number of pyridine rings is 1. The summed E-state index contributed by atoms with van der Waals surface area (Å²) in [4.78, 5) is 17.2. The van der Waals surface area contributed by atoms with E-state index in [0.29, 0.717) is 11.0 Å². The minimum atomic E-state index is -3.89. The smallest absolute Gasteiger partial charge is 0.238 e. The van der Waals surface area contributed by atoms with Crippen molar-refractivity contribution in [2.75, 3.05) is 11.1 Å². The van der Waals surface area contributed by atoms with Gasteiger partial charge in [0.2, 0.25) is 15.9 Å². The van der Waals surface area contributed by atoms with E-state index in [1.807, 2.05) is 49.6 Å². The molecule has 2 heterocycles. The van der Waals surface area contributed by atoms with E-state index in [1.165, 1.54) is 30.0 Å². The van der Waals surface area contributed by atoms with Gasteiger partial charge in [0.1, 0.15) is 5.82 Å². The Labute approximate surface area is 205 Å². The highest BCUT2D eigenvalue weighted by atomic mass is 35.5. The SMILES string of the molecule is Cc1ccc2c(C)ccc(-n3c(C)nnc3SCC(=O)Nc3ccc(S(N)(=O)=O)cc3Cl)c2n1. The van der Waals surface area contributed by atoms with E-state index in [9.17, 15) is 13.2 Å². The van der Waals surface area contributed by atoms with Gasteiger partial charge in [0.05, 0.1) is 32.6 Å². The van der Waals surface area contributed by atoms with Crippen LogP contribution in [-0.4, -0.2) is 39.8 Å². The molecule has 34 heavy (non-hydrogen) atoms. The number of aryl methyl sites for hydroxylation is 3. The summed E-state index contributed by atoms with van der Waals surface area (Å²) >= 11 is 7.32. The van der Waals surface area contributed by atoms with Gasteiger partial charge >= 0.3 is 0 Å². The summed E-state index contributed by atoms with van der Waals surface area (Å²) in [5, 5.41) is 17.9. The molecule has 0 unspecified atom stereocenters. The summed E-state index contributed by atoms with van der Waals surface area (Å²) < 4.78 is 24.8. The van der Waals surface area contributed by atoms with Crippen LogP contribution in [0.2, 0.25) is 5.02 Å². The zero-order chi connectivity index (χ0) is 24.6. The van der Waals surface area contributed by atoms with Crippen molar-refractivity contribution >= 4 is 55.9 Å². The first-order chi connectivity index (χ1) is 16.0. The van der Waals surface area contributed by atoms with Gasteiger partial charge in [-0.25, -0.2) is 13.6 Å². The number of nitrogens with one attached hydrogen (secondary N) is 1. The first kappa shape index (κ1) is 24.1. The summed E-state index contributed by atoms with van der Waals surface area (Å²) in [5.41, 5.74) is 3.94. The lowest BCUT2D eigenvalue weighted by Crippen LogP contribution is -2.16. The molecule has 2 aromatic heterocycles. The fourth-order valence-electron chi connectivity index (χ4n) is 3.43. The number of thioether (sulfide) groups is 1. The van der Waals surface area contributed by atoms with Crippen molar-refractivity contribution in [1.29, 1.82) is 0 Å². The molecule has 0 aliphatic rings. The second-order valence-corrected chi connectivity index (χ2v) is 10.6. The van der Waals surface area contributed by atoms with Crippen molar-refractivity contribution in [2.45, 2.75) is 30.8 Å². The highest BCUT2D eigenvalue weighted by molar-refractivity contribution is 7.99. The van der Waals surface area contributed by atoms with Crippen molar-refractivity contribution in [2.24, 2.45) is 5.14 Å². The zero-order valence-corrected chi connectivity index (χ0v) is 20.9. The van der Waals surface area contributed by atoms with Crippen molar-refractivity contribution in [3.05, 3.63) is 64.6 Å². The molecular formula is C22H21ClN6O3S2. The summed E-state index contributed by atoms with van der Waals surface area (Å²) in [6, 6.07) is 11.9. The number of aromatic nitrogens is 4.